The third kappa shape index (κ3) is 7.02. The molecule has 148 valence electrons. The summed E-state index contributed by atoms with van der Waals surface area (Å²) in [5.74, 6) is -3.05. The number of nitrogens with two attached hydrogens (primary N) is 1. The molecule has 4 N–H and O–H groups in total. The normalized spacial score (nSPS) is 11.4. The molecular weight excluding hydrogens is 409 g/mol. The molecule has 7 nitrogen and oxygen atoms in total. The number of anilines is 2. The number of nitrogens with one attached hydrogen (secondary N) is 1. The summed E-state index contributed by atoms with van der Waals surface area (Å²) in [7, 11) is 0. The van der Waals surface area contributed by atoms with Gasteiger partial charge in [0.05, 0.1) is 22.6 Å². The first kappa shape index (κ1) is 22.6. The van der Waals surface area contributed by atoms with Crippen LogP contribution in [0.4, 0.5) is 24.5 Å². The van der Waals surface area contributed by atoms with E-state index < -0.39 is 12.1 Å². The van der Waals surface area contributed by atoms with Crippen molar-refractivity contribution >= 4 is 46.2 Å². The van der Waals surface area contributed by atoms with Crippen LogP contribution in [0, 0.1) is 0 Å². The fourth-order valence-electron chi connectivity index (χ4n) is 1.45. The molecule has 12 heteroatoms. The molecule has 0 radical (unpaired) electrons. The average Bonchev–Trinajstić information content (AvgIpc) is 3.01. The van der Waals surface area contributed by atoms with Crippen LogP contribution in [0.1, 0.15) is 36.3 Å². The molecule has 0 aliphatic heterocycles. The number of nitrogen functional groups attached to an aromatic ring is 1. The number of aliphatic carboxylic acids is 1. The number of halogens is 4. The second kappa shape index (κ2) is 8.53. The molecule has 2 aromatic heterocycles. The molecule has 0 saturated heterocycles. The Morgan fingerprint density at radius 2 is 1.85 bits per heavy atom. The minimum Gasteiger partial charge on any atom is -0.475 e. The van der Waals surface area contributed by atoms with Crippen LogP contribution in [-0.2, 0) is 10.2 Å². The molecule has 0 unspecified atom stereocenters. The van der Waals surface area contributed by atoms with Crippen LogP contribution in [-0.4, -0.2) is 33.1 Å². The third-order valence-electron chi connectivity index (χ3n) is 2.74. The zero-order valence-corrected chi connectivity index (χ0v) is 16.0. The molecule has 0 bridgehead atoms. The van der Waals surface area contributed by atoms with Crippen molar-refractivity contribution in [3.8, 4) is 0 Å². The molecule has 0 saturated carbocycles. The molecule has 1 amide bonds. The summed E-state index contributed by atoms with van der Waals surface area (Å²) in [6.07, 6.45) is -3.63. The van der Waals surface area contributed by atoms with Gasteiger partial charge in [0.2, 0.25) is 0 Å². The van der Waals surface area contributed by atoms with E-state index in [1.807, 2.05) is 0 Å². The van der Waals surface area contributed by atoms with E-state index in [1.165, 1.54) is 17.5 Å². The Labute approximate surface area is 161 Å². The number of hydrogen-bond acceptors (Lipinski definition) is 6. The maximum Gasteiger partial charge on any atom is 0.490 e. The van der Waals surface area contributed by atoms with E-state index >= 15 is 0 Å². The van der Waals surface area contributed by atoms with E-state index in [4.69, 9.17) is 27.2 Å². The fourth-order valence-corrected chi connectivity index (χ4v) is 2.44. The number of aromatic nitrogens is 2. The minimum atomic E-state index is -5.08. The highest BCUT2D eigenvalue weighted by Crippen LogP contribution is 2.26. The number of carbonyl (C=O) groups excluding carboxylic acids is 1. The smallest absolute Gasteiger partial charge is 0.475 e. The predicted octanol–water partition coefficient (Wildman–Crippen LogP) is 3.96. The highest BCUT2D eigenvalue weighted by molar-refractivity contribution is 7.10. The number of rotatable bonds is 2. The van der Waals surface area contributed by atoms with Crippen LogP contribution in [0.15, 0.2) is 17.6 Å². The highest BCUT2D eigenvalue weighted by Gasteiger charge is 2.38. The molecule has 0 spiro atoms. The largest absolute Gasteiger partial charge is 0.490 e. The first-order valence-electron chi connectivity index (χ1n) is 7.20. The first-order chi connectivity index (χ1) is 12.2. The number of alkyl halides is 3. The lowest BCUT2D eigenvalue weighted by Crippen LogP contribution is -2.21. The summed E-state index contributed by atoms with van der Waals surface area (Å²) in [6, 6.07) is 1.56. The van der Waals surface area contributed by atoms with Crippen LogP contribution in [0.25, 0.3) is 0 Å². The molecular formula is C15H16ClF3N4O3S. The number of nitrogens with zero attached hydrogens (tertiary/aromatic N) is 2. The SMILES string of the molecule is CC(C)(C)c1nc(C(=O)Nc2cnc(Cl)c(N)c2)cs1.O=C(O)C(F)(F)F. The van der Waals surface area contributed by atoms with E-state index in [1.54, 1.807) is 11.4 Å². The van der Waals surface area contributed by atoms with Gasteiger partial charge in [0.25, 0.3) is 5.91 Å². The molecule has 0 aromatic carbocycles. The fraction of sp³-hybridized carbons (Fsp3) is 0.333. The Hall–Kier alpha value is -2.40. The van der Waals surface area contributed by atoms with Crippen molar-refractivity contribution in [1.82, 2.24) is 9.97 Å². The number of carboxylic acids is 1. The standard InChI is InChI=1S/C13H15ClN4OS.C2HF3O2/c1-13(2,3)12-18-9(6-20-12)11(19)17-7-4-8(15)10(14)16-5-7;3-2(4,5)1(6)7/h4-6H,15H2,1-3H3,(H,17,19);(H,6,7). The van der Waals surface area contributed by atoms with Gasteiger partial charge in [-0.25, -0.2) is 14.8 Å². The van der Waals surface area contributed by atoms with Crippen LogP contribution in [0.3, 0.4) is 0 Å². The Balaban J connectivity index is 0.000000445. The molecule has 0 fully saturated rings. The van der Waals surface area contributed by atoms with Crippen molar-refractivity contribution in [1.29, 1.82) is 0 Å². The molecule has 2 heterocycles. The maximum absolute atomic E-state index is 12.1. The lowest BCUT2D eigenvalue weighted by Gasteiger charge is -2.13. The number of thiazole rings is 1. The van der Waals surface area contributed by atoms with Crippen LogP contribution >= 0.6 is 22.9 Å². The van der Waals surface area contributed by atoms with Gasteiger partial charge in [0, 0.05) is 10.8 Å². The molecule has 0 aliphatic rings. The van der Waals surface area contributed by atoms with Gasteiger partial charge in [0.1, 0.15) is 5.69 Å². The van der Waals surface area contributed by atoms with E-state index in [2.05, 4.69) is 36.1 Å². The van der Waals surface area contributed by atoms with Crippen molar-refractivity contribution < 1.29 is 27.9 Å². The Morgan fingerprint density at radius 1 is 1.30 bits per heavy atom. The summed E-state index contributed by atoms with van der Waals surface area (Å²) < 4.78 is 31.7. The van der Waals surface area contributed by atoms with E-state index in [9.17, 15) is 18.0 Å². The van der Waals surface area contributed by atoms with Gasteiger partial charge in [-0.1, -0.05) is 32.4 Å². The van der Waals surface area contributed by atoms with Crippen molar-refractivity contribution in [2.75, 3.05) is 11.1 Å². The van der Waals surface area contributed by atoms with Gasteiger partial charge >= 0.3 is 12.1 Å². The minimum absolute atomic E-state index is 0.0740. The maximum atomic E-state index is 12.1. The Morgan fingerprint density at radius 3 is 2.26 bits per heavy atom. The first-order valence-corrected chi connectivity index (χ1v) is 8.46. The van der Waals surface area contributed by atoms with E-state index in [0.717, 1.165) is 5.01 Å². The van der Waals surface area contributed by atoms with Gasteiger partial charge < -0.3 is 16.2 Å². The highest BCUT2D eigenvalue weighted by atomic mass is 35.5. The van der Waals surface area contributed by atoms with E-state index in [0.29, 0.717) is 17.1 Å². The zero-order chi connectivity index (χ0) is 21.0. The van der Waals surface area contributed by atoms with Gasteiger partial charge in [-0.3, -0.25) is 4.79 Å². The summed E-state index contributed by atoms with van der Waals surface area (Å²) >= 11 is 7.20. The lowest BCUT2D eigenvalue weighted by molar-refractivity contribution is -0.192. The second-order valence-corrected chi connectivity index (χ2v) is 7.37. The average molecular weight is 425 g/mol. The number of amides is 1. The van der Waals surface area contributed by atoms with E-state index in [-0.39, 0.29) is 16.5 Å². The molecule has 2 aromatic rings. The molecule has 27 heavy (non-hydrogen) atoms. The number of carbonyl (C=O) groups is 2. The van der Waals surface area contributed by atoms with Gasteiger partial charge in [-0.15, -0.1) is 11.3 Å². The summed E-state index contributed by atoms with van der Waals surface area (Å²) in [5, 5.41) is 12.7. The molecule has 0 aliphatic carbocycles. The van der Waals surface area contributed by atoms with Crippen molar-refractivity contribution in [2.24, 2.45) is 0 Å². The Bertz CT molecular complexity index is 834. The van der Waals surface area contributed by atoms with Crippen molar-refractivity contribution in [3.63, 3.8) is 0 Å². The third-order valence-corrected chi connectivity index (χ3v) is 4.33. The van der Waals surface area contributed by atoms with Gasteiger partial charge in [0.15, 0.2) is 5.15 Å². The monoisotopic (exact) mass is 424 g/mol. The quantitative estimate of drug-likeness (QED) is 0.628. The predicted molar refractivity (Wildman–Crippen MR) is 96.1 cm³/mol. The molecule has 2 rings (SSSR count). The topological polar surface area (TPSA) is 118 Å². The van der Waals surface area contributed by atoms with Crippen molar-refractivity contribution in [2.45, 2.75) is 32.4 Å². The van der Waals surface area contributed by atoms with Gasteiger partial charge in [-0.05, 0) is 6.07 Å². The summed E-state index contributed by atoms with van der Waals surface area (Å²) in [6.45, 7) is 6.16. The van der Waals surface area contributed by atoms with Crippen LogP contribution < -0.4 is 11.1 Å². The number of hydrogen-bond donors (Lipinski definition) is 3. The van der Waals surface area contributed by atoms with Crippen LogP contribution in [0.2, 0.25) is 5.15 Å². The van der Waals surface area contributed by atoms with Gasteiger partial charge in [-0.2, -0.15) is 13.2 Å². The number of carboxylic acid groups (broad SMARTS) is 1. The second-order valence-electron chi connectivity index (χ2n) is 6.15. The van der Waals surface area contributed by atoms with Crippen molar-refractivity contribution in [3.05, 3.63) is 33.5 Å². The summed E-state index contributed by atoms with van der Waals surface area (Å²) in [4.78, 5) is 29.2. The lowest BCUT2D eigenvalue weighted by atomic mass is 9.98. The number of pyridine rings is 1. The Kier molecular flexibility index (Phi) is 7.15. The summed E-state index contributed by atoms with van der Waals surface area (Å²) in [5.41, 5.74) is 6.75. The molecule has 0 atom stereocenters. The van der Waals surface area contributed by atoms with Crippen LogP contribution in [0.5, 0.6) is 0 Å². The zero-order valence-electron chi connectivity index (χ0n) is 14.4.